The second kappa shape index (κ2) is 2.76. The number of rotatable bonds is 1. The fraction of sp³-hybridized carbons (Fsp3) is 1.00. The first-order valence-corrected chi connectivity index (χ1v) is 4.68. The third kappa shape index (κ3) is 1.42. The maximum atomic E-state index is 9.29. The minimum atomic E-state index is -0.0362. The molecule has 1 N–H and O–H groups in total. The Morgan fingerprint density at radius 1 is 1.36 bits per heavy atom. The second-order valence-corrected chi connectivity index (χ2v) is 4.17. The molecule has 0 aromatic rings. The molecule has 0 unspecified atom stereocenters. The largest absolute Gasteiger partial charge is 0.392 e. The van der Waals surface area contributed by atoms with Gasteiger partial charge in [-0.2, -0.15) is 0 Å². The third-order valence-electron chi connectivity index (χ3n) is 3.06. The highest BCUT2D eigenvalue weighted by Crippen LogP contribution is 2.32. The fourth-order valence-electron chi connectivity index (χ4n) is 2.26. The van der Waals surface area contributed by atoms with E-state index in [4.69, 9.17) is 0 Å². The summed E-state index contributed by atoms with van der Waals surface area (Å²) in [5.74, 6) is 0.928. The van der Waals surface area contributed by atoms with Crippen molar-refractivity contribution in [2.45, 2.75) is 38.3 Å². The first kappa shape index (κ1) is 7.56. The van der Waals surface area contributed by atoms with E-state index in [1.165, 1.54) is 12.8 Å². The molecule has 11 heavy (non-hydrogen) atoms. The van der Waals surface area contributed by atoms with Crippen LogP contribution in [0.25, 0.3) is 0 Å². The Morgan fingerprint density at radius 2 is 2.09 bits per heavy atom. The summed E-state index contributed by atoms with van der Waals surface area (Å²) in [7, 11) is 0. The van der Waals surface area contributed by atoms with Crippen LogP contribution in [0.2, 0.25) is 0 Å². The molecule has 64 valence electrons. The van der Waals surface area contributed by atoms with Gasteiger partial charge in [0.25, 0.3) is 0 Å². The number of aliphatic hydroxyl groups is 1. The molecule has 1 saturated heterocycles. The summed E-state index contributed by atoms with van der Waals surface area (Å²) in [6, 6.07) is 0.808. The molecule has 0 amide bonds. The maximum absolute atomic E-state index is 9.29. The van der Waals surface area contributed by atoms with E-state index < -0.39 is 0 Å². The van der Waals surface area contributed by atoms with Crippen LogP contribution in [0.4, 0.5) is 0 Å². The minimum Gasteiger partial charge on any atom is -0.392 e. The van der Waals surface area contributed by atoms with Crippen LogP contribution in [0.1, 0.15) is 26.2 Å². The fourth-order valence-corrected chi connectivity index (χ4v) is 2.26. The Labute approximate surface area is 68.2 Å². The van der Waals surface area contributed by atoms with E-state index in [-0.39, 0.29) is 6.10 Å². The average molecular weight is 155 g/mol. The zero-order chi connectivity index (χ0) is 7.84. The quantitative estimate of drug-likeness (QED) is 0.607. The molecular formula is C9H17NO. The summed E-state index contributed by atoms with van der Waals surface area (Å²) in [5.41, 5.74) is 0. The third-order valence-corrected chi connectivity index (χ3v) is 3.06. The lowest BCUT2D eigenvalue weighted by molar-refractivity contribution is 0.0906. The standard InChI is InChI=1S/C9H17NO/c1-7-4-8(5-7)10-3-2-9(11)6-10/h7-9,11H,2-6H2,1H3/t7?,8?,9-/m0/s1. The molecule has 2 nitrogen and oxygen atoms in total. The molecule has 0 aromatic heterocycles. The number of β-amino-alcohol motifs (C(OH)–C–C–N with tert-alkyl or cyclic N) is 1. The van der Waals surface area contributed by atoms with Crippen molar-refractivity contribution in [2.24, 2.45) is 5.92 Å². The van der Waals surface area contributed by atoms with Gasteiger partial charge in [0.2, 0.25) is 0 Å². The van der Waals surface area contributed by atoms with Gasteiger partial charge in [-0.15, -0.1) is 0 Å². The molecule has 0 bridgehead atoms. The lowest BCUT2D eigenvalue weighted by Crippen LogP contribution is -2.42. The zero-order valence-corrected chi connectivity index (χ0v) is 7.16. The summed E-state index contributed by atoms with van der Waals surface area (Å²) in [6.45, 7) is 4.36. The van der Waals surface area contributed by atoms with E-state index in [1.807, 2.05) is 0 Å². The van der Waals surface area contributed by atoms with Crippen molar-refractivity contribution in [1.82, 2.24) is 4.90 Å². The smallest absolute Gasteiger partial charge is 0.0679 e. The molecule has 1 heterocycles. The molecule has 2 aliphatic rings. The van der Waals surface area contributed by atoms with Crippen molar-refractivity contribution in [3.63, 3.8) is 0 Å². The highest BCUT2D eigenvalue weighted by Gasteiger charge is 2.34. The lowest BCUT2D eigenvalue weighted by atomic mass is 9.81. The van der Waals surface area contributed by atoms with Crippen LogP contribution in [0.15, 0.2) is 0 Å². The highest BCUT2D eigenvalue weighted by atomic mass is 16.3. The number of aliphatic hydroxyl groups excluding tert-OH is 1. The van der Waals surface area contributed by atoms with Gasteiger partial charge in [0, 0.05) is 19.1 Å². The van der Waals surface area contributed by atoms with Gasteiger partial charge in [0.15, 0.2) is 0 Å². The number of hydrogen-bond donors (Lipinski definition) is 1. The normalized spacial score (nSPS) is 45.8. The van der Waals surface area contributed by atoms with Crippen molar-refractivity contribution >= 4 is 0 Å². The van der Waals surface area contributed by atoms with Gasteiger partial charge >= 0.3 is 0 Å². The van der Waals surface area contributed by atoms with E-state index >= 15 is 0 Å². The predicted molar refractivity (Wildman–Crippen MR) is 44.4 cm³/mol. The SMILES string of the molecule is CC1CC(N2CC[C@H](O)C2)C1. The molecular weight excluding hydrogens is 138 g/mol. The van der Waals surface area contributed by atoms with E-state index in [0.29, 0.717) is 0 Å². The van der Waals surface area contributed by atoms with Crippen LogP contribution in [-0.2, 0) is 0 Å². The van der Waals surface area contributed by atoms with Gasteiger partial charge in [-0.25, -0.2) is 0 Å². The van der Waals surface area contributed by atoms with Crippen LogP contribution >= 0.6 is 0 Å². The van der Waals surface area contributed by atoms with Gasteiger partial charge in [0.05, 0.1) is 6.10 Å². The molecule has 1 saturated carbocycles. The van der Waals surface area contributed by atoms with Crippen LogP contribution in [-0.4, -0.2) is 35.2 Å². The van der Waals surface area contributed by atoms with Crippen molar-refractivity contribution in [1.29, 1.82) is 0 Å². The molecule has 2 rings (SSSR count). The average Bonchev–Trinajstić information content (AvgIpc) is 2.29. The summed E-state index contributed by atoms with van der Waals surface area (Å²) >= 11 is 0. The summed E-state index contributed by atoms with van der Waals surface area (Å²) in [4.78, 5) is 2.45. The highest BCUT2D eigenvalue weighted by molar-refractivity contribution is 4.89. The molecule has 1 aliphatic heterocycles. The van der Waals surface area contributed by atoms with E-state index in [2.05, 4.69) is 11.8 Å². The van der Waals surface area contributed by atoms with Crippen LogP contribution in [0.5, 0.6) is 0 Å². The Kier molecular flexibility index (Phi) is 1.90. The molecule has 0 aromatic carbocycles. The summed E-state index contributed by atoms with van der Waals surface area (Å²) in [5, 5.41) is 9.29. The van der Waals surface area contributed by atoms with Gasteiger partial charge in [-0.05, 0) is 25.2 Å². The number of hydrogen-bond acceptors (Lipinski definition) is 2. The maximum Gasteiger partial charge on any atom is 0.0679 e. The van der Waals surface area contributed by atoms with Crippen LogP contribution in [0.3, 0.4) is 0 Å². The number of likely N-dealkylation sites (tertiary alicyclic amines) is 1. The minimum absolute atomic E-state index is 0.0362. The summed E-state index contributed by atoms with van der Waals surface area (Å²) in [6.07, 6.45) is 3.66. The predicted octanol–water partition coefficient (Wildman–Crippen LogP) is 0.851. The first-order chi connectivity index (χ1) is 5.25. The van der Waals surface area contributed by atoms with E-state index in [1.54, 1.807) is 0 Å². The lowest BCUT2D eigenvalue weighted by Gasteiger charge is -2.39. The Bertz CT molecular complexity index is 142. The Morgan fingerprint density at radius 3 is 2.55 bits per heavy atom. The van der Waals surface area contributed by atoms with Gasteiger partial charge < -0.3 is 5.11 Å². The molecule has 2 fully saturated rings. The monoisotopic (exact) mass is 155 g/mol. The van der Waals surface area contributed by atoms with Crippen molar-refractivity contribution in [2.75, 3.05) is 13.1 Å². The Hall–Kier alpha value is -0.0800. The number of nitrogens with zero attached hydrogens (tertiary/aromatic N) is 1. The van der Waals surface area contributed by atoms with Crippen molar-refractivity contribution in [3.05, 3.63) is 0 Å². The summed E-state index contributed by atoms with van der Waals surface area (Å²) < 4.78 is 0. The van der Waals surface area contributed by atoms with Gasteiger partial charge in [-0.1, -0.05) is 6.92 Å². The molecule has 1 atom stereocenters. The molecule has 2 heteroatoms. The molecule has 0 spiro atoms. The van der Waals surface area contributed by atoms with E-state index in [0.717, 1.165) is 31.5 Å². The van der Waals surface area contributed by atoms with Gasteiger partial charge in [0.1, 0.15) is 0 Å². The topological polar surface area (TPSA) is 23.5 Å². The molecule has 1 aliphatic carbocycles. The Balaban J connectivity index is 1.79. The van der Waals surface area contributed by atoms with Gasteiger partial charge in [-0.3, -0.25) is 4.90 Å². The molecule has 0 radical (unpaired) electrons. The first-order valence-electron chi connectivity index (χ1n) is 4.68. The van der Waals surface area contributed by atoms with Crippen LogP contribution < -0.4 is 0 Å². The zero-order valence-electron chi connectivity index (χ0n) is 7.16. The van der Waals surface area contributed by atoms with Crippen LogP contribution in [0, 0.1) is 5.92 Å². The van der Waals surface area contributed by atoms with Crippen molar-refractivity contribution in [3.8, 4) is 0 Å². The van der Waals surface area contributed by atoms with Crippen molar-refractivity contribution < 1.29 is 5.11 Å². The second-order valence-electron chi connectivity index (χ2n) is 4.17. The van der Waals surface area contributed by atoms with E-state index in [9.17, 15) is 5.11 Å².